The maximum Gasteiger partial charge on any atom is 0.418 e. The number of aliphatic hydroxyl groups is 1. The van der Waals surface area contributed by atoms with Crippen molar-refractivity contribution in [3.05, 3.63) is 76.3 Å². The summed E-state index contributed by atoms with van der Waals surface area (Å²) in [5.74, 6) is 0.203. The minimum Gasteiger partial charge on any atom is -0.388 e. The molecule has 36 heavy (non-hydrogen) atoms. The molecule has 0 amide bonds. The molecule has 3 aromatic rings. The van der Waals surface area contributed by atoms with Crippen LogP contribution in [0.3, 0.4) is 0 Å². The molecule has 5 unspecified atom stereocenters. The number of aromatic nitrogens is 3. The minimum absolute atomic E-state index is 0.00133. The molecule has 2 aliphatic heterocycles. The number of alkyl halides is 3. The Balaban J connectivity index is 0.000000325. The van der Waals surface area contributed by atoms with E-state index < -0.39 is 42.2 Å². The number of nitrogens with one attached hydrogen (secondary N) is 2. The molecule has 0 spiro atoms. The van der Waals surface area contributed by atoms with Gasteiger partial charge in [-0.25, -0.2) is 9.67 Å². The van der Waals surface area contributed by atoms with E-state index in [9.17, 15) is 18.3 Å². The summed E-state index contributed by atoms with van der Waals surface area (Å²) in [6.45, 7) is 1.84. The maximum atomic E-state index is 13.5. The Labute approximate surface area is 209 Å². The molecule has 0 aliphatic carbocycles. The summed E-state index contributed by atoms with van der Waals surface area (Å²) >= 11 is 5.93. The molecule has 2 saturated heterocycles. The molecule has 2 fully saturated rings. The number of nitrogens with zero attached hydrogens (tertiary/aromatic N) is 3. The molecular weight excluding hydrogens is 501 g/mol. The van der Waals surface area contributed by atoms with Crippen molar-refractivity contribution in [2.75, 3.05) is 6.54 Å². The summed E-state index contributed by atoms with van der Waals surface area (Å²) in [7, 11) is 0. The highest BCUT2D eigenvalue weighted by Crippen LogP contribution is 2.38. The highest BCUT2D eigenvalue weighted by molar-refractivity contribution is 6.30. The van der Waals surface area contributed by atoms with Gasteiger partial charge in [0.05, 0.1) is 23.8 Å². The molecule has 9 nitrogen and oxygen atoms in total. The van der Waals surface area contributed by atoms with Gasteiger partial charge in [0, 0.05) is 11.2 Å². The van der Waals surface area contributed by atoms with Gasteiger partial charge in [-0.05, 0) is 30.7 Å². The van der Waals surface area contributed by atoms with E-state index in [1.165, 1.54) is 13.1 Å². The summed E-state index contributed by atoms with van der Waals surface area (Å²) in [4.78, 5) is 9.46. The lowest BCUT2D eigenvalue weighted by molar-refractivity contribution is -0.170. The van der Waals surface area contributed by atoms with E-state index in [-0.39, 0.29) is 22.4 Å². The predicted molar refractivity (Wildman–Crippen MR) is 125 cm³/mol. The Morgan fingerprint density at radius 2 is 1.97 bits per heavy atom. The smallest absolute Gasteiger partial charge is 0.388 e. The molecule has 5 N–H and O–H groups in total. The van der Waals surface area contributed by atoms with Gasteiger partial charge in [-0.1, -0.05) is 41.9 Å². The second kappa shape index (κ2) is 10.6. The van der Waals surface area contributed by atoms with Crippen LogP contribution in [0.1, 0.15) is 28.9 Å². The average molecular weight is 525 g/mol. The fraction of sp³-hybridized carbons (Fsp3) is 0.348. The Morgan fingerprint density at radius 1 is 1.25 bits per heavy atom. The first kappa shape index (κ1) is 26.2. The zero-order valence-corrected chi connectivity index (χ0v) is 19.7. The van der Waals surface area contributed by atoms with Crippen molar-refractivity contribution in [3.8, 4) is 5.69 Å². The third kappa shape index (κ3) is 5.43. The SMILES string of the molecule is Cc1nc(C2OC3CNOC3C(N)C2O)n(-c2cc(Cl)ccc2C(F)(F)F)n1.N=Cc1ccccc1. The third-order valence-corrected chi connectivity index (χ3v) is 5.96. The predicted octanol–water partition coefficient (Wildman–Crippen LogP) is 2.96. The summed E-state index contributed by atoms with van der Waals surface area (Å²) < 4.78 is 47.4. The highest BCUT2D eigenvalue weighted by Gasteiger charge is 2.49. The normalized spacial score (nSPS) is 25.6. The van der Waals surface area contributed by atoms with Gasteiger partial charge < -0.3 is 21.0 Å². The van der Waals surface area contributed by atoms with Crippen LogP contribution in [0.15, 0.2) is 48.5 Å². The lowest BCUT2D eigenvalue weighted by atomic mass is 9.93. The Hall–Kier alpha value is -2.87. The summed E-state index contributed by atoms with van der Waals surface area (Å²) in [5, 5.41) is 21.6. The van der Waals surface area contributed by atoms with E-state index >= 15 is 0 Å². The van der Waals surface area contributed by atoms with Gasteiger partial charge in [0.2, 0.25) is 0 Å². The van der Waals surface area contributed by atoms with Crippen molar-refractivity contribution >= 4 is 17.8 Å². The number of hydrogen-bond donors (Lipinski definition) is 4. The Kier molecular flexibility index (Phi) is 7.73. The van der Waals surface area contributed by atoms with E-state index in [4.69, 9.17) is 32.3 Å². The molecule has 192 valence electrons. The fourth-order valence-corrected chi connectivity index (χ4v) is 4.18. The van der Waals surface area contributed by atoms with Crippen molar-refractivity contribution in [2.24, 2.45) is 5.73 Å². The first-order chi connectivity index (χ1) is 17.1. The molecule has 2 aliphatic rings. The first-order valence-electron chi connectivity index (χ1n) is 10.9. The number of hydroxylamine groups is 1. The zero-order valence-electron chi connectivity index (χ0n) is 19.0. The van der Waals surface area contributed by atoms with E-state index in [2.05, 4.69) is 15.6 Å². The Bertz CT molecular complexity index is 1210. The lowest BCUT2D eigenvalue weighted by Crippen LogP contribution is -2.57. The van der Waals surface area contributed by atoms with Crippen LogP contribution >= 0.6 is 11.6 Å². The van der Waals surface area contributed by atoms with Gasteiger partial charge in [-0.2, -0.15) is 23.8 Å². The summed E-state index contributed by atoms with van der Waals surface area (Å²) in [6, 6.07) is 11.9. The van der Waals surface area contributed by atoms with Crippen molar-refractivity contribution < 1.29 is 27.9 Å². The van der Waals surface area contributed by atoms with Crippen molar-refractivity contribution in [2.45, 2.75) is 43.6 Å². The van der Waals surface area contributed by atoms with Crippen LogP contribution in [-0.2, 0) is 15.8 Å². The van der Waals surface area contributed by atoms with Gasteiger partial charge in [-0.3, -0.25) is 4.84 Å². The van der Waals surface area contributed by atoms with Gasteiger partial charge >= 0.3 is 6.18 Å². The van der Waals surface area contributed by atoms with Gasteiger partial charge in [-0.15, -0.1) is 0 Å². The topological polar surface area (TPSA) is 131 Å². The highest BCUT2D eigenvalue weighted by atomic mass is 35.5. The van der Waals surface area contributed by atoms with Gasteiger partial charge in [0.25, 0.3) is 0 Å². The zero-order chi connectivity index (χ0) is 26.0. The van der Waals surface area contributed by atoms with Crippen LogP contribution in [0, 0.1) is 12.3 Å². The second-order valence-corrected chi connectivity index (χ2v) is 8.67. The summed E-state index contributed by atoms with van der Waals surface area (Å²) in [5.41, 5.74) is 8.40. The number of rotatable bonds is 3. The number of ether oxygens (including phenoxy) is 1. The van der Waals surface area contributed by atoms with Crippen LogP contribution in [0.5, 0.6) is 0 Å². The fourth-order valence-electron chi connectivity index (χ4n) is 4.01. The number of fused-ring (bicyclic) bond motifs is 1. The number of aryl methyl sites for hydroxylation is 1. The maximum absolute atomic E-state index is 13.5. The number of halogens is 4. The third-order valence-electron chi connectivity index (χ3n) is 5.73. The number of hydrogen-bond acceptors (Lipinski definition) is 8. The molecule has 1 aromatic heterocycles. The van der Waals surface area contributed by atoms with Gasteiger partial charge in [0.1, 0.15) is 30.2 Å². The molecule has 0 saturated carbocycles. The standard InChI is InChI=1S/C16H17ClF3N5O3.C7H7N/c1-6-23-15(14-12(26)11(21)13-10(27-14)5-22-28-13)25(24-6)9-4-7(17)2-3-8(9)16(18,19)20;8-6-7-4-2-1-3-5-7/h2-4,10-14,22,26H,5,21H2,1H3;1-6,8H. The first-order valence-corrected chi connectivity index (χ1v) is 11.3. The molecule has 13 heteroatoms. The molecule has 3 heterocycles. The quantitative estimate of drug-likeness (QED) is 0.387. The van der Waals surface area contributed by atoms with Gasteiger partial charge in [0.15, 0.2) is 5.82 Å². The molecule has 0 bridgehead atoms. The summed E-state index contributed by atoms with van der Waals surface area (Å²) in [6.07, 6.45) is -6.75. The van der Waals surface area contributed by atoms with Crippen LogP contribution in [0.2, 0.25) is 5.02 Å². The largest absolute Gasteiger partial charge is 0.418 e. The lowest BCUT2D eigenvalue weighted by Gasteiger charge is -2.38. The molecule has 5 rings (SSSR count). The molecule has 5 atom stereocenters. The molecule has 2 aromatic carbocycles. The Morgan fingerprint density at radius 3 is 2.61 bits per heavy atom. The average Bonchev–Trinajstić information content (AvgIpc) is 3.48. The van der Waals surface area contributed by atoms with Crippen LogP contribution < -0.4 is 11.2 Å². The monoisotopic (exact) mass is 524 g/mol. The minimum atomic E-state index is -4.65. The number of benzene rings is 2. The number of nitrogens with two attached hydrogens (primary N) is 1. The van der Waals surface area contributed by atoms with Crippen molar-refractivity contribution in [1.29, 1.82) is 5.41 Å². The van der Waals surface area contributed by atoms with Crippen molar-refractivity contribution in [1.82, 2.24) is 20.2 Å². The number of aliphatic hydroxyl groups excluding tert-OH is 1. The van der Waals surface area contributed by atoms with Crippen LogP contribution in [-0.4, -0.2) is 57.0 Å². The van der Waals surface area contributed by atoms with Crippen LogP contribution in [0.4, 0.5) is 13.2 Å². The van der Waals surface area contributed by atoms with Crippen LogP contribution in [0.25, 0.3) is 5.69 Å². The van der Waals surface area contributed by atoms with E-state index in [1.807, 2.05) is 30.3 Å². The van der Waals surface area contributed by atoms with E-state index in [0.717, 1.165) is 28.4 Å². The second-order valence-electron chi connectivity index (χ2n) is 8.24. The molecule has 0 radical (unpaired) electrons. The van der Waals surface area contributed by atoms with Crippen molar-refractivity contribution in [3.63, 3.8) is 0 Å². The van der Waals surface area contributed by atoms with E-state index in [0.29, 0.717) is 6.54 Å². The van der Waals surface area contributed by atoms with E-state index in [1.54, 1.807) is 0 Å². The molecular formula is C23H24ClF3N6O3.